The molecule has 50 heavy (non-hydrogen) atoms. The number of aromatic nitrogens is 1. The molecule has 1 aromatic heterocycles. The van der Waals surface area contributed by atoms with Crippen LogP contribution in [0.15, 0.2) is 206 Å². The first-order valence-electron chi connectivity index (χ1n) is 17.1. The van der Waals surface area contributed by atoms with Crippen molar-refractivity contribution in [3.63, 3.8) is 0 Å². The number of fused-ring (bicyclic) bond motifs is 3. The smallest absolute Gasteiger partial charge is 0.0547 e. The van der Waals surface area contributed by atoms with Crippen molar-refractivity contribution < 1.29 is 0 Å². The second kappa shape index (κ2) is 12.8. The summed E-state index contributed by atoms with van der Waals surface area (Å²) in [5, 5.41) is 2.51. The molecule has 9 aromatic rings. The lowest BCUT2D eigenvalue weighted by atomic mass is 9.98. The van der Waals surface area contributed by atoms with E-state index in [0.29, 0.717) is 0 Å². The summed E-state index contributed by atoms with van der Waals surface area (Å²) in [5.41, 5.74) is 14.1. The van der Waals surface area contributed by atoms with Crippen LogP contribution in [0.2, 0.25) is 0 Å². The van der Waals surface area contributed by atoms with Gasteiger partial charge in [-0.25, -0.2) is 0 Å². The molecule has 0 aliphatic rings. The number of rotatable bonds is 7. The van der Waals surface area contributed by atoms with Crippen LogP contribution in [0.3, 0.4) is 0 Å². The Kier molecular flexibility index (Phi) is 7.53. The molecule has 0 saturated heterocycles. The third-order valence-corrected chi connectivity index (χ3v) is 9.59. The Morgan fingerprint density at radius 1 is 0.320 bits per heavy atom. The molecule has 2 heteroatoms. The van der Waals surface area contributed by atoms with Gasteiger partial charge in [-0.3, -0.25) is 0 Å². The number of benzene rings is 8. The van der Waals surface area contributed by atoms with Crippen LogP contribution < -0.4 is 4.90 Å². The van der Waals surface area contributed by atoms with Gasteiger partial charge in [-0.2, -0.15) is 0 Å². The third-order valence-electron chi connectivity index (χ3n) is 9.59. The number of hydrogen-bond acceptors (Lipinski definition) is 1. The van der Waals surface area contributed by atoms with Gasteiger partial charge in [-0.05, 0) is 94.0 Å². The van der Waals surface area contributed by atoms with Gasteiger partial charge in [0.2, 0.25) is 0 Å². The van der Waals surface area contributed by atoms with E-state index in [0.717, 1.165) is 22.7 Å². The van der Waals surface area contributed by atoms with Crippen molar-refractivity contribution in [3.8, 4) is 39.1 Å². The molecule has 0 saturated carbocycles. The highest BCUT2D eigenvalue weighted by atomic mass is 15.1. The van der Waals surface area contributed by atoms with Crippen LogP contribution in [-0.4, -0.2) is 4.57 Å². The SMILES string of the molecule is c1ccc(-c2ccc(-c3ccc(N(c4ccccc4)c4cccc(-c5cccc6c5c5ccccc5n6-c5ccccc5)c4)cc3)cc2)cc1. The fraction of sp³-hybridized carbons (Fsp3) is 0. The predicted molar refractivity (Wildman–Crippen MR) is 212 cm³/mol. The van der Waals surface area contributed by atoms with E-state index in [2.05, 4.69) is 216 Å². The van der Waals surface area contributed by atoms with Gasteiger partial charge in [0.05, 0.1) is 11.0 Å². The molecule has 0 unspecified atom stereocenters. The molecule has 0 spiro atoms. The predicted octanol–water partition coefficient (Wildman–Crippen LogP) is 13.3. The number of anilines is 3. The van der Waals surface area contributed by atoms with E-state index in [1.165, 1.54) is 55.2 Å². The molecule has 0 amide bonds. The summed E-state index contributed by atoms with van der Waals surface area (Å²) < 4.78 is 2.38. The highest BCUT2D eigenvalue weighted by Gasteiger charge is 2.18. The molecule has 0 atom stereocenters. The lowest BCUT2D eigenvalue weighted by Gasteiger charge is -2.26. The third kappa shape index (κ3) is 5.34. The van der Waals surface area contributed by atoms with Crippen molar-refractivity contribution in [3.05, 3.63) is 206 Å². The fourth-order valence-corrected chi connectivity index (χ4v) is 7.24. The quantitative estimate of drug-likeness (QED) is 0.169. The summed E-state index contributed by atoms with van der Waals surface area (Å²) in [6, 6.07) is 73.9. The summed E-state index contributed by atoms with van der Waals surface area (Å²) >= 11 is 0. The zero-order valence-corrected chi connectivity index (χ0v) is 27.5. The van der Waals surface area contributed by atoms with Gasteiger partial charge in [-0.15, -0.1) is 0 Å². The Morgan fingerprint density at radius 2 is 0.800 bits per heavy atom. The van der Waals surface area contributed by atoms with Gasteiger partial charge in [-0.1, -0.05) is 146 Å². The van der Waals surface area contributed by atoms with Crippen LogP contribution in [0, 0.1) is 0 Å². The highest BCUT2D eigenvalue weighted by Crippen LogP contribution is 2.41. The summed E-state index contributed by atoms with van der Waals surface area (Å²) in [6.45, 7) is 0. The van der Waals surface area contributed by atoms with Crippen LogP contribution in [0.5, 0.6) is 0 Å². The second-order valence-corrected chi connectivity index (χ2v) is 12.6. The fourth-order valence-electron chi connectivity index (χ4n) is 7.24. The van der Waals surface area contributed by atoms with Crippen molar-refractivity contribution >= 4 is 38.9 Å². The van der Waals surface area contributed by atoms with Gasteiger partial charge in [0.15, 0.2) is 0 Å². The van der Waals surface area contributed by atoms with Gasteiger partial charge < -0.3 is 9.47 Å². The maximum Gasteiger partial charge on any atom is 0.0547 e. The molecule has 0 N–H and O–H groups in total. The van der Waals surface area contributed by atoms with Crippen LogP contribution in [-0.2, 0) is 0 Å². The van der Waals surface area contributed by atoms with Gasteiger partial charge in [0, 0.05) is 33.5 Å². The van der Waals surface area contributed by atoms with E-state index in [9.17, 15) is 0 Å². The minimum Gasteiger partial charge on any atom is -0.310 e. The second-order valence-electron chi connectivity index (χ2n) is 12.6. The molecule has 0 radical (unpaired) electrons. The molecule has 1 heterocycles. The minimum absolute atomic E-state index is 1.11. The summed E-state index contributed by atoms with van der Waals surface area (Å²) in [7, 11) is 0. The zero-order chi connectivity index (χ0) is 33.3. The average molecular weight is 639 g/mol. The summed E-state index contributed by atoms with van der Waals surface area (Å²) in [5.74, 6) is 0. The molecule has 2 nitrogen and oxygen atoms in total. The molecular formula is C48H34N2. The molecule has 0 bridgehead atoms. The number of hydrogen-bond donors (Lipinski definition) is 0. The number of para-hydroxylation sites is 3. The molecule has 9 rings (SSSR count). The first-order chi connectivity index (χ1) is 24.8. The first kappa shape index (κ1) is 29.5. The van der Waals surface area contributed by atoms with E-state index in [4.69, 9.17) is 0 Å². The highest BCUT2D eigenvalue weighted by molar-refractivity contribution is 6.15. The Labute approximate surface area is 292 Å². The maximum atomic E-state index is 2.38. The van der Waals surface area contributed by atoms with Gasteiger partial charge in [0.1, 0.15) is 0 Å². The summed E-state index contributed by atoms with van der Waals surface area (Å²) in [4.78, 5) is 2.35. The van der Waals surface area contributed by atoms with Crippen molar-refractivity contribution in [2.75, 3.05) is 4.90 Å². The van der Waals surface area contributed by atoms with E-state index in [-0.39, 0.29) is 0 Å². The van der Waals surface area contributed by atoms with Crippen LogP contribution in [0.25, 0.3) is 60.9 Å². The van der Waals surface area contributed by atoms with Gasteiger partial charge in [0.25, 0.3) is 0 Å². The van der Waals surface area contributed by atoms with Crippen molar-refractivity contribution in [1.82, 2.24) is 4.57 Å². The van der Waals surface area contributed by atoms with E-state index in [1.54, 1.807) is 0 Å². The largest absolute Gasteiger partial charge is 0.310 e. The van der Waals surface area contributed by atoms with E-state index >= 15 is 0 Å². The van der Waals surface area contributed by atoms with Crippen LogP contribution >= 0.6 is 0 Å². The normalized spacial score (nSPS) is 11.2. The molecule has 236 valence electrons. The average Bonchev–Trinajstić information content (AvgIpc) is 3.54. The Bertz CT molecular complexity index is 2550. The van der Waals surface area contributed by atoms with E-state index in [1.807, 2.05) is 0 Å². The molecular weight excluding hydrogens is 605 g/mol. The van der Waals surface area contributed by atoms with Gasteiger partial charge >= 0.3 is 0 Å². The zero-order valence-electron chi connectivity index (χ0n) is 27.5. The van der Waals surface area contributed by atoms with Crippen molar-refractivity contribution in [2.24, 2.45) is 0 Å². The number of nitrogens with zero attached hydrogens (tertiary/aromatic N) is 2. The molecule has 8 aromatic carbocycles. The Balaban J connectivity index is 1.13. The van der Waals surface area contributed by atoms with Crippen molar-refractivity contribution in [1.29, 1.82) is 0 Å². The van der Waals surface area contributed by atoms with E-state index < -0.39 is 0 Å². The molecule has 0 aliphatic carbocycles. The lowest BCUT2D eigenvalue weighted by molar-refractivity contribution is 1.18. The monoisotopic (exact) mass is 638 g/mol. The summed E-state index contributed by atoms with van der Waals surface area (Å²) in [6.07, 6.45) is 0. The van der Waals surface area contributed by atoms with Crippen molar-refractivity contribution in [2.45, 2.75) is 0 Å². The standard InChI is InChI=1S/C48H34N2/c1-4-14-35(15-5-1)36-26-28-37(29-27-36)38-30-32-42(33-31-38)49(40-17-6-2-7-18-40)43-21-12-16-39(34-43)44-23-13-25-47-48(44)45-22-10-11-24-46(45)50(47)41-19-8-3-9-20-41/h1-34H. The minimum atomic E-state index is 1.11. The topological polar surface area (TPSA) is 8.17 Å². The van der Waals surface area contributed by atoms with Crippen LogP contribution in [0.1, 0.15) is 0 Å². The maximum absolute atomic E-state index is 2.38. The Hall–Kier alpha value is -6.64. The first-order valence-corrected chi connectivity index (χ1v) is 17.1. The Morgan fingerprint density at radius 3 is 1.50 bits per heavy atom. The van der Waals surface area contributed by atoms with Crippen LogP contribution in [0.4, 0.5) is 17.1 Å². The lowest BCUT2D eigenvalue weighted by Crippen LogP contribution is -2.09. The molecule has 0 fully saturated rings. The molecule has 0 aliphatic heterocycles.